The SMILES string of the molecule is CCN(C)C(=O)c1ccc(C2(c3cccc(OC)c3)CCCN(Cc3ccccc3)C2)cc1. The monoisotopic (exact) mass is 442 g/mol. The van der Waals surface area contributed by atoms with Crippen molar-refractivity contribution in [2.45, 2.75) is 31.7 Å². The number of rotatable bonds is 7. The zero-order valence-corrected chi connectivity index (χ0v) is 20.0. The lowest BCUT2D eigenvalue weighted by atomic mass is 9.69. The van der Waals surface area contributed by atoms with E-state index in [4.69, 9.17) is 4.74 Å². The van der Waals surface area contributed by atoms with Gasteiger partial charge < -0.3 is 9.64 Å². The lowest BCUT2D eigenvalue weighted by molar-refractivity contribution is 0.0802. The number of piperidine rings is 1. The van der Waals surface area contributed by atoms with Crippen molar-refractivity contribution < 1.29 is 9.53 Å². The van der Waals surface area contributed by atoms with Gasteiger partial charge in [0.25, 0.3) is 5.91 Å². The minimum Gasteiger partial charge on any atom is -0.497 e. The molecule has 3 aromatic carbocycles. The smallest absolute Gasteiger partial charge is 0.253 e. The highest BCUT2D eigenvalue weighted by Crippen LogP contribution is 2.42. The zero-order valence-electron chi connectivity index (χ0n) is 20.0. The second-order valence-electron chi connectivity index (χ2n) is 9.01. The van der Waals surface area contributed by atoms with Crippen LogP contribution < -0.4 is 4.74 Å². The molecule has 4 nitrogen and oxygen atoms in total. The Bertz CT molecular complexity index is 1060. The Kier molecular flexibility index (Phi) is 7.14. The Labute approximate surface area is 197 Å². The number of hydrogen-bond acceptors (Lipinski definition) is 3. The molecular weight excluding hydrogens is 408 g/mol. The molecule has 0 bridgehead atoms. The summed E-state index contributed by atoms with van der Waals surface area (Å²) in [6.07, 6.45) is 2.18. The number of nitrogens with zero attached hydrogens (tertiary/aromatic N) is 2. The van der Waals surface area contributed by atoms with E-state index in [0.29, 0.717) is 6.54 Å². The fourth-order valence-corrected chi connectivity index (χ4v) is 4.98. The average Bonchev–Trinajstić information content (AvgIpc) is 2.88. The number of hydrogen-bond donors (Lipinski definition) is 0. The number of likely N-dealkylation sites (tertiary alicyclic amines) is 1. The van der Waals surface area contributed by atoms with Gasteiger partial charge in [-0.05, 0) is 67.3 Å². The number of carbonyl (C=O) groups is 1. The molecule has 1 unspecified atom stereocenters. The van der Waals surface area contributed by atoms with Crippen LogP contribution in [0.2, 0.25) is 0 Å². The third kappa shape index (κ3) is 4.96. The Balaban J connectivity index is 1.71. The van der Waals surface area contributed by atoms with E-state index in [1.54, 1.807) is 12.0 Å². The van der Waals surface area contributed by atoms with Crippen LogP contribution in [0, 0.1) is 0 Å². The minimum atomic E-state index is -0.153. The van der Waals surface area contributed by atoms with Crippen LogP contribution in [0.15, 0.2) is 78.9 Å². The van der Waals surface area contributed by atoms with Crippen LogP contribution in [-0.4, -0.2) is 49.5 Å². The summed E-state index contributed by atoms with van der Waals surface area (Å²) in [4.78, 5) is 17.0. The minimum absolute atomic E-state index is 0.0637. The second kappa shape index (κ2) is 10.2. The Morgan fingerprint density at radius 2 is 1.76 bits per heavy atom. The van der Waals surface area contributed by atoms with Crippen LogP contribution in [0.5, 0.6) is 5.75 Å². The molecule has 1 amide bonds. The van der Waals surface area contributed by atoms with E-state index in [1.807, 2.05) is 32.2 Å². The van der Waals surface area contributed by atoms with Gasteiger partial charge in [0.1, 0.15) is 5.75 Å². The molecular formula is C29H34N2O2. The van der Waals surface area contributed by atoms with Crippen LogP contribution in [0.25, 0.3) is 0 Å². The van der Waals surface area contributed by atoms with Gasteiger partial charge in [-0.2, -0.15) is 0 Å². The van der Waals surface area contributed by atoms with Crippen molar-refractivity contribution in [2.75, 3.05) is 33.8 Å². The fraction of sp³-hybridized carbons (Fsp3) is 0.345. The van der Waals surface area contributed by atoms with Crippen molar-refractivity contribution in [1.82, 2.24) is 9.80 Å². The highest BCUT2D eigenvalue weighted by molar-refractivity contribution is 5.94. The molecule has 0 aliphatic carbocycles. The summed E-state index contributed by atoms with van der Waals surface area (Å²) in [7, 11) is 3.57. The van der Waals surface area contributed by atoms with Crippen molar-refractivity contribution >= 4 is 5.91 Å². The lowest BCUT2D eigenvalue weighted by Gasteiger charge is -2.44. The van der Waals surface area contributed by atoms with Gasteiger partial charge in [0.15, 0.2) is 0 Å². The van der Waals surface area contributed by atoms with Crippen molar-refractivity contribution in [3.63, 3.8) is 0 Å². The quantitative estimate of drug-likeness (QED) is 0.493. The van der Waals surface area contributed by atoms with Gasteiger partial charge in [-0.15, -0.1) is 0 Å². The number of benzene rings is 3. The molecule has 33 heavy (non-hydrogen) atoms. The molecule has 172 valence electrons. The van der Waals surface area contributed by atoms with Gasteiger partial charge in [-0.1, -0.05) is 54.6 Å². The van der Waals surface area contributed by atoms with Gasteiger partial charge in [0, 0.05) is 37.7 Å². The first-order chi connectivity index (χ1) is 16.1. The number of ether oxygens (including phenoxy) is 1. The van der Waals surface area contributed by atoms with E-state index in [-0.39, 0.29) is 11.3 Å². The largest absolute Gasteiger partial charge is 0.497 e. The maximum absolute atomic E-state index is 12.7. The molecule has 1 aliphatic rings. The number of amides is 1. The summed E-state index contributed by atoms with van der Waals surface area (Å²) in [5, 5.41) is 0. The highest BCUT2D eigenvalue weighted by Gasteiger charge is 2.39. The highest BCUT2D eigenvalue weighted by atomic mass is 16.5. The summed E-state index contributed by atoms with van der Waals surface area (Å²) in [6.45, 7) is 5.64. The van der Waals surface area contributed by atoms with Gasteiger partial charge in [0.05, 0.1) is 7.11 Å². The first-order valence-electron chi connectivity index (χ1n) is 11.8. The maximum atomic E-state index is 12.7. The molecule has 3 aromatic rings. The average molecular weight is 443 g/mol. The topological polar surface area (TPSA) is 32.8 Å². The van der Waals surface area contributed by atoms with Crippen LogP contribution in [-0.2, 0) is 12.0 Å². The molecule has 0 saturated carbocycles. The van der Waals surface area contributed by atoms with E-state index in [9.17, 15) is 4.79 Å². The van der Waals surface area contributed by atoms with Crippen LogP contribution in [0.4, 0.5) is 0 Å². The molecule has 4 rings (SSSR count). The first kappa shape index (κ1) is 23.1. The fourth-order valence-electron chi connectivity index (χ4n) is 4.98. The standard InChI is InChI=1S/C29H34N2O2/c1-4-30(2)28(32)24-14-16-25(17-15-24)29(26-12-8-13-27(20-26)33-3)18-9-19-31(22-29)21-23-10-6-5-7-11-23/h5-8,10-17,20H,4,9,18-19,21-22H2,1-3H3. The third-order valence-electron chi connectivity index (χ3n) is 6.95. The normalized spacial score (nSPS) is 18.6. The van der Waals surface area contributed by atoms with Crippen LogP contribution in [0.3, 0.4) is 0 Å². The summed E-state index contributed by atoms with van der Waals surface area (Å²) in [6, 6.07) is 27.5. The van der Waals surface area contributed by atoms with Gasteiger partial charge in [0.2, 0.25) is 0 Å². The Morgan fingerprint density at radius 1 is 1.00 bits per heavy atom. The summed E-state index contributed by atoms with van der Waals surface area (Å²) in [5.41, 5.74) is 4.44. The number of carbonyl (C=O) groups excluding carboxylic acids is 1. The molecule has 1 saturated heterocycles. The molecule has 0 radical (unpaired) electrons. The molecule has 0 spiro atoms. The van der Waals surface area contributed by atoms with Crippen molar-refractivity contribution in [3.05, 3.63) is 101 Å². The molecule has 1 atom stereocenters. The summed E-state index contributed by atoms with van der Waals surface area (Å²) < 4.78 is 5.57. The van der Waals surface area contributed by atoms with Crippen molar-refractivity contribution in [1.29, 1.82) is 0 Å². The van der Waals surface area contributed by atoms with Crippen molar-refractivity contribution in [2.24, 2.45) is 0 Å². The number of methoxy groups -OCH3 is 1. The van der Waals surface area contributed by atoms with E-state index < -0.39 is 0 Å². The van der Waals surface area contributed by atoms with E-state index in [1.165, 1.54) is 16.7 Å². The van der Waals surface area contributed by atoms with Crippen molar-refractivity contribution in [3.8, 4) is 5.75 Å². The van der Waals surface area contributed by atoms with Gasteiger partial charge in [-0.3, -0.25) is 9.69 Å². The van der Waals surface area contributed by atoms with E-state index >= 15 is 0 Å². The summed E-state index contributed by atoms with van der Waals surface area (Å²) >= 11 is 0. The zero-order chi connectivity index (χ0) is 23.3. The molecule has 1 heterocycles. The molecule has 1 aliphatic heterocycles. The Morgan fingerprint density at radius 3 is 2.45 bits per heavy atom. The lowest BCUT2D eigenvalue weighted by Crippen LogP contribution is -2.46. The van der Waals surface area contributed by atoms with Gasteiger partial charge in [-0.25, -0.2) is 0 Å². The van der Waals surface area contributed by atoms with E-state index in [0.717, 1.165) is 43.8 Å². The predicted octanol–water partition coefficient (Wildman–Crippen LogP) is 5.37. The van der Waals surface area contributed by atoms with Crippen LogP contribution >= 0.6 is 0 Å². The predicted molar refractivity (Wildman–Crippen MR) is 134 cm³/mol. The molecule has 1 fully saturated rings. The third-order valence-corrected chi connectivity index (χ3v) is 6.95. The molecule has 0 aromatic heterocycles. The summed E-state index contributed by atoms with van der Waals surface area (Å²) in [5.74, 6) is 0.942. The van der Waals surface area contributed by atoms with E-state index in [2.05, 4.69) is 65.6 Å². The molecule has 0 N–H and O–H groups in total. The van der Waals surface area contributed by atoms with Crippen LogP contribution in [0.1, 0.15) is 46.8 Å². The maximum Gasteiger partial charge on any atom is 0.253 e. The van der Waals surface area contributed by atoms with Gasteiger partial charge >= 0.3 is 0 Å². The Hall–Kier alpha value is -3.11. The molecule has 4 heteroatoms. The first-order valence-corrected chi connectivity index (χ1v) is 11.8. The second-order valence-corrected chi connectivity index (χ2v) is 9.01.